The van der Waals surface area contributed by atoms with Crippen LogP contribution in [0.15, 0.2) is 0 Å². The number of nitrogens with one attached hydrogen (secondary N) is 7. The molecule has 21 N–H and O–H groups in total. The lowest BCUT2D eigenvalue weighted by Gasteiger charge is -2.30. The van der Waals surface area contributed by atoms with Gasteiger partial charge in [-0.3, -0.25) is 43.2 Å². The average molecular weight is 968 g/mol. The van der Waals surface area contributed by atoms with Crippen LogP contribution in [0, 0.1) is 5.92 Å². The number of hydrogen-bond acceptors (Lipinski definition) is 15. The molecule has 0 aromatic carbocycles. The summed E-state index contributed by atoms with van der Waals surface area (Å²) in [6.07, 6.45) is 7.16. The lowest BCUT2D eigenvalue weighted by molar-refractivity contribution is -0.142. The predicted molar refractivity (Wildman–Crippen MR) is 257 cm³/mol. The van der Waals surface area contributed by atoms with E-state index in [0.29, 0.717) is 116 Å². The number of rotatable bonds is 37. The summed E-state index contributed by atoms with van der Waals surface area (Å²) in [6, 6.07) is -7.33. The van der Waals surface area contributed by atoms with Gasteiger partial charge in [-0.2, -0.15) is 0 Å². The van der Waals surface area contributed by atoms with Gasteiger partial charge in [0.2, 0.25) is 53.2 Å². The van der Waals surface area contributed by atoms with Crippen LogP contribution in [0.3, 0.4) is 0 Å². The van der Waals surface area contributed by atoms with Crippen LogP contribution >= 0.6 is 0 Å². The van der Waals surface area contributed by atoms with Crippen molar-refractivity contribution in [3.8, 4) is 0 Å². The van der Waals surface area contributed by atoms with E-state index in [0.717, 1.165) is 0 Å². The van der Waals surface area contributed by atoms with Crippen molar-refractivity contribution in [3.05, 3.63) is 0 Å². The van der Waals surface area contributed by atoms with Gasteiger partial charge in [-0.15, -0.1) is 0 Å². The minimum absolute atomic E-state index is 0.133. The van der Waals surface area contributed by atoms with Crippen LogP contribution in [-0.2, 0) is 43.2 Å². The highest BCUT2D eigenvalue weighted by Crippen LogP contribution is 2.21. The Hall–Kier alpha value is -5.01. The summed E-state index contributed by atoms with van der Waals surface area (Å²) in [5.74, 6) is -6.12. The fourth-order valence-corrected chi connectivity index (χ4v) is 7.69. The fraction of sp³-hybridized carbons (Fsp3) is 0.795. The Morgan fingerprint density at radius 3 is 1.31 bits per heavy atom. The Labute approximate surface area is 401 Å². The van der Waals surface area contributed by atoms with Crippen LogP contribution in [0.1, 0.15) is 123 Å². The Kier molecular flexibility index (Phi) is 31.5. The summed E-state index contributed by atoms with van der Waals surface area (Å²) < 4.78 is 0. The molecular formula is C44H85N15O9. The number of carbonyl (C=O) groups excluding carboxylic acids is 9. The van der Waals surface area contributed by atoms with Gasteiger partial charge in [0, 0.05) is 6.54 Å². The van der Waals surface area contributed by atoms with Gasteiger partial charge in [-0.25, -0.2) is 0 Å². The van der Waals surface area contributed by atoms with Crippen molar-refractivity contribution in [2.75, 3.05) is 52.4 Å². The monoisotopic (exact) mass is 968 g/mol. The van der Waals surface area contributed by atoms with Crippen molar-refractivity contribution < 1.29 is 43.2 Å². The first kappa shape index (κ1) is 61.0. The lowest BCUT2D eigenvalue weighted by atomic mass is 10.0. The highest BCUT2D eigenvalue weighted by atomic mass is 16.2. The van der Waals surface area contributed by atoms with E-state index in [1.165, 1.54) is 4.90 Å². The summed E-state index contributed by atoms with van der Waals surface area (Å²) in [7, 11) is 0. The standard InChI is InChI=1S/C44H85N15O9/c1-28(2)37(58-42(66)34-19-13-25-59(34)44(68)33(18-7-12-24-49)54-35(60)26-50)43(67)52-27-36(61)53-30(15-4-9-21-46)39(63)56-32(17-6-11-23-48)41(65)57-31(16-5-10-22-47)40(64)55-29(38(51)62)14-3-8-20-45/h28-34,37H,3-27,45-50H2,1-2H3,(H2,51,62)(H,52,67)(H,53,61)(H,54,60)(H,55,64)(H,56,63)(H,57,65)(H,58,66)/t29-,30-,31-,32-,33-,34-,37-/m0/s1. The van der Waals surface area contributed by atoms with Crippen molar-refractivity contribution in [2.45, 2.75) is 165 Å². The first-order chi connectivity index (χ1) is 32.5. The SMILES string of the molecule is CC(C)[C@H](NC(=O)[C@@H]1CCCN1C(=O)[C@H](CCCCN)NC(=O)CN)C(=O)NCC(=O)N[C@@H](CCCCN)C(=O)N[C@@H](CCCCN)C(=O)N[C@@H](CCCCN)C(=O)N[C@@H](CCCCN)C(N)=O. The molecule has 0 aromatic rings. The molecule has 0 radical (unpaired) electrons. The van der Waals surface area contributed by atoms with E-state index in [4.69, 9.17) is 40.1 Å². The zero-order valence-corrected chi connectivity index (χ0v) is 40.5. The van der Waals surface area contributed by atoms with Crippen LogP contribution < -0.4 is 77.4 Å². The average Bonchev–Trinajstić information content (AvgIpc) is 3.81. The zero-order valence-electron chi connectivity index (χ0n) is 40.5. The number of nitrogens with zero attached hydrogens (tertiary/aromatic N) is 1. The second kappa shape index (κ2) is 35.2. The van der Waals surface area contributed by atoms with Crippen molar-refractivity contribution in [2.24, 2.45) is 46.1 Å². The number of hydrogen-bond donors (Lipinski definition) is 14. The molecule has 1 heterocycles. The Balaban J connectivity index is 3.17. The van der Waals surface area contributed by atoms with Gasteiger partial charge >= 0.3 is 0 Å². The molecule has 1 saturated heterocycles. The topological polar surface area (TPSA) is 423 Å². The summed E-state index contributed by atoms with van der Waals surface area (Å²) in [5.41, 5.74) is 39.4. The number of carbonyl (C=O) groups is 9. The molecule has 1 aliphatic heterocycles. The van der Waals surface area contributed by atoms with E-state index in [-0.39, 0.29) is 38.8 Å². The molecule has 1 rings (SSSR count). The molecule has 390 valence electrons. The summed E-state index contributed by atoms with van der Waals surface area (Å²) in [5, 5.41) is 18.7. The van der Waals surface area contributed by atoms with Crippen LogP contribution in [0.2, 0.25) is 0 Å². The van der Waals surface area contributed by atoms with Gasteiger partial charge in [0.05, 0.1) is 13.1 Å². The second-order valence-corrected chi connectivity index (χ2v) is 17.6. The molecule has 0 unspecified atom stereocenters. The van der Waals surface area contributed by atoms with E-state index in [1.54, 1.807) is 13.8 Å². The van der Waals surface area contributed by atoms with Crippen LogP contribution in [0.4, 0.5) is 0 Å². The quantitative estimate of drug-likeness (QED) is 0.0262. The highest BCUT2D eigenvalue weighted by molar-refractivity contribution is 5.97. The molecule has 24 heteroatoms. The number of likely N-dealkylation sites (tertiary alicyclic amines) is 1. The number of primary amides is 1. The van der Waals surface area contributed by atoms with Crippen molar-refractivity contribution >= 4 is 53.2 Å². The van der Waals surface area contributed by atoms with E-state index < -0.39 is 108 Å². The molecule has 24 nitrogen and oxygen atoms in total. The highest BCUT2D eigenvalue weighted by Gasteiger charge is 2.39. The Bertz CT molecular complexity index is 1590. The number of nitrogens with two attached hydrogens (primary N) is 7. The third kappa shape index (κ3) is 23.3. The van der Waals surface area contributed by atoms with Gasteiger partial charge in [0.25, 0.3) is 0 Å². The third-order valence-corrected chi connectivity index (χ3v) is 11.6. The van der Waals surface area contributed by atoms with Gasteiger partial charge in [-0.1, -0.05) is 13.8 Å². The molecule has 0 saturated carbocycles. The molecule has 0 aliphatic carbocycles. The van der Waals surface area contributed by atoms with E-state index in [9.17, 15) is 43.2 Å². The summed E-state index contributed by atoms with van der Waals surface area (Å²) in [4.78, 5) is 121. The minimum atomic E-state index is -1.16. The van der Waals surface area contributed by atoms with Gasteiger partial charge in [0.1, 0.15) is 42.3 Å². The summed E-state index contributed by atoms with van der Waals surface area (Å²) >= 11 is 0. The third-order valence-electron chi connectivity index (χ3n) is 11.6. The molecule has 7 atom stereocenters. The van der Waals surface area contributed by atoms with Gasteiger partial charge < -0.3 is 82.3 Å². The molecule has 68 heavy (non-hydrogen) atoms. The molecule has 0 aromatic heterocycles. The zero-order chi connectivity index (χ0) is 51.0. The maximum absolute atomic E-state index is 13.9. The molecule has 0 spiro atoms. The number of amides is 9. The van der Waals surface area contributed by atoms with E-state index in [1.807, 2.05) is 0 Å². The maximum atomic E-state index is 13.9. The first-order valence-electron chi connectivity index (χ1n) is 24.4. The van der Waals surface area contributed by atoms with Gasteiger partial charge in [-0.05, 0) is 148 Å². The smallest absolute Gasteiger partial charge is 0.245 e. The van der Waals surface area contributed by atoms with Gasteiger partial charge in [0.15, 0.2) is 0 Å². The molecular weight excluding hydrogens is 883 g/mol. The van der Waals surface area contributed by atoms with E-state index in [2.05, 4.69) is 37.2 Å². The van der Waals surface area contributed by atoms with Crippen LogP contribution in [-0.4, -0.2) is 153 Å². The van der Waals surface area contributed by atoms with Crippen LogP contribution in [0.25, 0.3) is 0 Å². The molecule has 1 fully saturated rings. The Morgan fingerprint density at radius 2 is 0.897 bits per heavy atom. The minimum Gasteiger partial charge on any atom is -0.368 e. The molecule has 1 aliphatic rings. The van der Waals surface area contributed by atoms with Crippen molar-refractivity contribution in [1.29, 1.82) is 0 Å². The van der Waals surface area contributed by atoms with Crippen molar-refractivity contribution in [1.82, 2.24) is 42.1 Å². The molecule has 0 bridgehead atoms. The lowest BCUT2D eigenvalue weighted by Crippen LogP contribution is -2.59. The van der Waals surface area contributed by atoms with Crippen LogP contribution in [0.5, 0.6) is 0 Å². The maximum Gasteiger partial charge on any atom is 0.245 e. The second-order valence-electron chi connectivity index (χ2n) is 17.6. The molecule has 9 amide bonds. The largest absolute Gasteiger partial charge is 0.368 e. The number of unbranched alkanes of at least 4 members (excludes halogenated alkanes) is 5. The Morgan fingerprint density at radius 1 is 0.500 bits per heavy atom. The first-order valence-corrected chi connectivity index (χ1v) is 24.4. The fourth-order valence-electron chi connectivity index (χ4n) is 7.69. The predicted octanol–water partition coefficient (Wildman–Crippen LogP) is -4.25. The summed E-state index contributed by atoms with van der Waals surface area (Å²) in [6.45, 7) is 4.57. The normalized spacial score (nSPS) is 16.1. The van der Waals surface area contributed by atoms with E-state index >= 15 is 0 Å². The van der Waals surface area contributed by atoms with Crippen molar-refractivity contribution in [3.63, 3.8) is 0 Å².